The molecule has 0 unspecified atom stereocenters. The van der Waals surface area contributed by atoms with Crippen molar-refractivity contribution in [1.82, 2.24) is 14.3 Å². The average molecular weight is 540 g/mol. The predicted molar refractivity (Wildman–Crippen MR) is 152 cm³/mol. The highest BCUT2D eigenvalue weighted by molar-refractivity contribution is 7.17. The second kappa shape index (κ2) is 11.5. The number of fused-ring (bicyclic) bond motifs is 2. The van der Waals surface area contributed by atoms with Gasteiger partial charge in [-0.25, -0.2) is 4.79 Å². The first-order valence-corrected chi connectivity index (χ1v) is 13.6. The molecule has 38 heavy (non-hydrogen) atoms. The summed E-state index contributed by atoms with van der Waals surface area (Å²) in [5.74, 6) is 0.118. The number of aromatic nitrogens is 3. The van der Waals surface area contributed by atoms with Crippen molar-refractivity contribution in [2.24, 2.45) is 7.05 Å². The molecule has 0 aliphatic carbocycles. The minimum absolute atomic E-state index is 0.118. The van der Waals surface area contributed by atoms with E-state index >= 15 is 0 Å². The molecule has 4 aromatic rings. The Morgan fingerprint density at radius 3 is 2.37 bits per heavy atom. The second-order valence-corrected chi connectivity index (χ2v) is 11.7. The summed E-state index contributed by atoms with van der Waals surface area (Å²) in [5, 5.41) is 7.51. The number of carbonyl (C=O) groups is 3. The van der Waals surface area contributed by atoms with Crippen LogP contribution in [0.3, 0.4) is 0 Å². The van der Waals surface area contributed by atoms with Gasteiger partial charge in [-0.15, -0.1) is 11.3 Å². The monoisotopic (exact) mass is 539 g/mol. The molecular weight excluding hydrogens is 502 g/mol. The fourth-order valence-electron chi connectivity index (χ4n) is 4.20. The van der Waals surface area contributed by atoms with Gasteiger partial charge in [-0.1, -0.05) is 20.3 Å². The molecule has 9 heteroatoms. The predicted octanol–water partition coefficient (Wildman–Crippen LogP) is 7.37. The van der Waals surface area contributed by atoms with Crippen LogP contribution in [0.15, 0.2) is 35.7 Å². The average Bonchev–Trinajstić information content (AvgIpc) is 3.51. The molecule has 0 spiro atoms. The molecule has 0 saturated heterocycles. The molecule has 4 rings (SSSR count). The first-order valence-electron chi connectivity index (χ1n) is 12.8. The van der Waals surface area contributed by atoms with E-state index in [9.17, 15) is 14.4 Å². The molecule has 0 N–H and O–H groups in total. The fraction of sp³-hybridized carbons (Fsp3) is 0.448. The molecular formula is C29H37N3O5S. The number of hydrogen-bond donors (Lipinski definition) is 0. The highest BCUT2D eigenvalue weighted by Gasteiger charge is 2.24. The van der Waals surface area contributed by atoms with E-state index in [4.69, 9.17) is 9.47 Å². The Morgan fingerprint density at radius 1 is 1.05 bits per heavy atom. The first kappa shape index (κ1) is 29.1. The highest BCUT2D eigenvalue weighted by atomic mass is 32.1. The molecule has 8 nitrogen and oxygen atoms in total. The standard InChI is InChI=1S/C22H23N3O3S.C7H14O2/c1-6-18(26)13-7-8-15-14(11-13)12-17(24(15)5)19-20-16(9-10-29-20)25(23-19)21(27)28-22(2,3)4;1-4-5-7(2,3)9-6-8/h7-12H,6H2,1-5H3;6H,4-5H2,1-3H3. The summed E-state index contributed by atoms with van der Waals surface area (Å²) in [7, 11) is 1.96. The van der Waals surface area contributed by atoms with Crippen LogP contribution >= 0.6 is 11.3 Å². The van der Waals surface area contributed by atoms with Crippen molar-refractivity contribution in [3.05, 3.63) is 41.3 Å². The van der Waals surface area contributed by atoms with E-state index in [-0.39, 0.29) is 11.4 Å². The zero-order valence-corrected chi connectivity index (χ0v) is 24.3. The maximum absolute atomic E-state index is 12.7. The summed E-state index contributed by atoms with van der Waals surface area (Å²) in [6.07, 6.45) is 1.94. The molecule has 1 aromatic carbocycles. The lowest BCUT2D eigenvalue weighted by Gasteiger charge is -2.20. The lowest BCUT2D eigenvalue weighted by atomic mass is 10.0. The second-order valence-electron chi connectivity index (χ2n) is 10.7. The lowest BCUT2D eigenvalue weighted by Crippen LogP contribution is -2.27. The maximum atomic E-state index is 12.7. The number of Topliss-reactive ketones (excluding diaryl/α,β-unsaturated/α-hetero) is 1. The van der Waals surface area contributed by atoms with Gasteiger partial charge in [0.1, 0.15) is 16.9 Å². The van der Waals surface area contributed by atoms with Crippen LogP contribution in [-0.4, -0.2) is 43.9 Å². The van der Waals surface area contributed by atoms with Gasteiger partial charge in [-0.3, -0.25) is 9.59 Å². The van der Waals surface area contributed by atoms with Crippen molar-refractivity contribution in [3.63, 3.8) is 0 Å². The number of thiophene rings is 1. The van der Waals surface area contributed by atoms with Crippen LogP contribution in [0.1, 0.15) is 78.1 Å². The molecule has 0 fully saturated rings. The van der Waals surface area contributed by atoms with Gasteiger partial charge in [0.2, 0.25) is 0 Å². The Bertz CT molecular complexity index is 1450. The van der Waals surface area contributed by atoms with Gasteiger partial charge in [-0.05, 0) is 76.8 Å². The van der Waals surface area contributed by atoms with Crippen molar-refractivity contribution in [3.8, 4) is 11.4 Å². The van der Waals surface area contributed by atoms with E-state index in [0.717, 1.165) is 45.3 Å². The third-order valence-electron chi connectivity index (χ3n) is 6.00. The summed E-state index contributed by atoms with van der Waals surface area (Å²) in [6, 6.07) is 9.63. The third kappa shape index (κ3) is 6.51. The molecule has 3 heterocycles. The van der Waals surface area contributed by atoms with Gasteiger partial charge >= 0.3 is 6.09 Å². The molecule has 0 aliphatic heterocycles. The zero-order valence-electron chi connectivity index (χ0n) is 23.5. The number of aryl methyl sites for hydroxylation is 1. The SMILES string of the molecule is CCC(=O)c1ccc2c(c1)cc(-c1nn(C(=O)OC(C)(C)C)c3ccsc13)n2C.CCCC(C)(C)OC=O. The van der Waals surface area contributed by atoms with Gasteiger partial charge in [-0.2, -0.15) is 9.78 Å². The Morgan fingerprint density at radius 2 is 1.76 bits per heavy atom. The van der Waals surface area contributed by atoms with Gasteiger partial charge in [0.15, 0.2) is 5.78 Å². The Labute approximate surface area is 227 Å². The molecule has 204 valence electrons. The number of carbonyl (C=O) groups excluding carboxylic acids is 3. The van der Waals surface area contributed by atoms with Crippen LogP contribution in [-0.2, 0) is 21.3 Å². The summed E-state index contributed by atoms with van der Waals surface area (Å²) >= 11 is 1.54. The van der Waals surface area contributed by atoms with Crippen molar-refractivity contribution in [1.29, 1.82) is 0 Å². The Hall–Kier alpha value is -3.46. The van der Waals surface area contributed by atoms with Gasteiger partial charge in [0.25, 0.3) is 6.47 Å². The number of benzene rings is 1. The minimum Gasteiger partial charge on any atom is -0.462 e. The van der Waals surface area contributed by atoms with Crippen LogP contribution in [0.4, 0.5) is 4.79 Å². The van der Waals surface area contributed by atoms with E-state index in [0.29, 0.717) is 18.5 Å². The molecule has 0 saturated carbocycles. The Kier molecular flexibility index (Phi) is 8.82. The third-order valence-corrected chi connectivity index (χ3v) is 6.91. The van der Waals surface area contributed by atoms with Crippen LogP contribution in [0.2, 0.25) is 0 Å². The van der Waals surface area contributed by atoms with E-state index in [2.05, 4.69) is 12.0 Å². The van der Waals surface area contributed by atoms with Crippen molar-refractivity contribution < 1.29 is 23.9 Å². The first-order chi connectivity index (χ1) is 17.8. The molecule has 0 amide bonds. The molecule has 0 aliphatic rings. The van der Waals surface area contributed by atoms with Crippen LogP contribution in [0.5, 0.6) is 0 Å². The summed E-state index contributed by atoms with van der Waals surface area (Å²) < 4.78 is 14.6. The van der Waals surface area contributed by atoms with Crippen molar-refractivity contribution in [2.75, 3.05) is 0 Å². The normalized spacial score (nSPS) is 11.8. The molecule has 0 bridgehead atoms. The summed E-state index contributed by atoms with van der Waals surface area (Å²) in [4.78, 5) is 34.6. The molecule has 3 aromatic heterocycles. The molecule has 0 radical (unpaired) electrons. The van der Waals surface area contributed by atoms with Gasteiger partial charge in [0.05, 0.1) is 15.9 Å². The van der Waals surface area contributed by atoms with Crippen LogP contribution < -0.4 is 0 Å². The topological polar surface area (TPSA) is 92.4 Å². The largest absolute Gasteiger partial charge is 0.462 e. The Balaban J connectivity index is 0.000000383. The number of nitrogens with zero attached hydrogens (tertiary/aromatic N) is 3. The minimum atomic E-state index is -0.604. The lowest BCUT2D eigenvalue weighted by molar-refractivity contribution is -0.140. The molecule has 0 atom stereocenters. The van der Waals surface area contributed by atoms with Gasteiger partial charge in [0, 0.05) is 29.9 Å². The van der Waals surface area contributed by atoms with Gasteiger partial charge < -0.3 is 14.0 Å². The number of ether oxygens (including phenoxy) is 2. The fourth-order valence-corrected chi connectivity index (χ4v) is 5.07. The smallest absolute Gasteiger partial charge is 0.435 e. The van der Waals surface area contributed by atoms with E-state index in [1.165, 1.54) is 16.0 Å². The summed E-state index contributed by atoms with van der Waals surface area (Å²) in [6.45, 7) is 13.7. The summed E-state index contributed by atoms with van der Waals surface area (Å²) in [5.41, 5.74) is 3.18. The van der Waals surface area contributed by atoms with E-state index in [1.54, 1.807) is 0 Å². The van der Waals surface area contributed by atoms with Crippen LogP contribution in [0, 0.1) is 0 Å². The highest BCUT2D eigenvalue weighted by Crippen LogP contribution is 2.35. The quantitative estimate of drug-likeness (QED) is 0.180. The van der Waals surface area contributed by atoms with E-state index < -0.39 is 11.7 Å². The maximum Gasteiger partial charge on any atom is 0.435 e. The van der Waals surface area contributed by atoms with Crippen LogP contribution in [0.25, 0.3) is 32.5 Å². The van der Waals surface area contributed by atoms with E-state index in [1.807, 2.05) is 88.9 Å². The zero-order chi connectivity index (χ0) is 28.3. The number of rotatable bonds is 7. The number of hydrogen-bond acceptors (Lipinski definition) is 7. The number of ketones is 1. The van der Waals surface area contributed by atoms with Crippen molar-refractivity contribution >= 4 is 50.8 Å². The van der Waals surface area contributed by atoms with Crippen molar-refractivity contribution in [2.45, 2.75) is 78.9 Å².